The van der Waals surface area contributed by atoms with Gasteiger partial charge in [-0.25, -0.2) is 0 Å². The van der Waals surface area contributed by atoms with Gasteiger partial charge in [-0.15, -0.1) is 10.2 Å². The first kappa shape index (κ1) is 16.3. The second-order valence-electron chi connectivity index (χ2n) is 5.72. The molecular formula is C14H22N6O2S. The molecule has 1 aliphatic heterocycles. The number of likely N-dealkylation sites (tertiary alicyclic amines) is 1. The summed E-state index contributed by atoms with van der Waals surface area (Å²) < 4.78 is 10.4. The van der Waals surface area contributed by atoms with Gasteiger partial charge in [0.15, 0.2) is 5.82 Å². The summed E-state index contributed by atoms with van der Waals surface area (Å²) in [6, 6.07) is 0.494. The van der Waals surface area contributed by atoms with Crippen LogP contribution in [0.25, 0.3) is 0 Å². The molecule has 0 saturated carbocycles. The van der Waals surface area contributed by atoms with Crippen molar-refractivity contribution < 1.29 is 9.26 Å². The Balaban J connectivity index is 1.49. The van der Waals surface area contributed by atoms with E-state index in [-0.39, 0.29) is 0 Å². The molecule has 0 spiro atoms. The van der Waals surface area contributed by atoms with Gasteiger partial charge in [-0.1, -0.05) is 16.5 Å². The third-order valence-electron chi connectivity index (χ3n) is 3.91. The van der Waals surface area contributed by atoms with Crippen molar-refractivity contribution in [1.29, 1.82) is 0 Å². The van der Waals surface area contributed by atoms with Crippen LogP contribution in [0, 0.1) is 6.92 Å². The van der Waals surface area contributed by atoms with Gasteiger partial charge < -0.3 is 9.26 Å². The molecule has 0 aliphatic carbocycles. The molecule has 0 bridgehead atoms. The maximum atomic E-state index is 5.37. The van der Waals surface area contributed by atoms with Crippen LogP contribution in [0.2, 0.25) is 0 Å². The molecule has 0 unspecified atom stereocenters. The quantitative estimate of drug-likeness (QED) is 0.748. The van der Waals surface area contributed by atoms with Crippen LogP contribution >= 0.6 is 11.3 Å². The minimum absolute atomic E-state index is 0.494. The van der Waals surface area contributed by atoms with Gasteiger partial charge in [0.2, 0.25) is 5.89 Å². The maximum absolute atomic E-state index is 5.37. The summed E-state index contributed by atoms with van der Waals surface area (Å²) in [6.45, 7) is 8.00. The lowest BCUT2D eigenvalue weighted by atomic mass is 10.2. The Bertz CT molecular complexity index is 630. The first-order valence-electron chi connectivity index (χ1n) is 7.81. The number of nitrogens with zero attached hydrogens (tertiary/aromatic N) is 6. The van der Waals surface area contributed by atoms with E-state index in [1.54, 1.807) is 0 Å². The van der Waals surface area contributed by atoms with E-state index in [2.05, 4.69) is 37.2 Å². The first-order valence-corrected chi connectivity index (χ1v) is 8.62. The van der Waals surface area contributed by atoms with Crippen molar-refractivity contribution in [3.8, 4) is 5.19 Å². The highest BCUT2D eigenvalue weighted by atomic mass is 32.1. The highest BCUT2D eigenvalue weighted by Crippen LogP contribution is 2.22. The minimum Gasteiger partial charge on any atom is -0.469 e. The van der Waals surface area contributed by atoms with Gasteiger partial charge in [0.1, 0.15) is 5.01 Å². The highest BCUT2D eigenvalue weighted by Gasteiger charge is 2.27. The van der Waals surface area contributed by atoms with Crippen LogP contribution in [0.15, 0.2) is 4.52 Å². The van der Waals surface area contributed by atoms with Crippen molar-refractivity contribution in [3.63, 3.8) is 0 Å². The molecule has 2 aromatic rings. The van der Waals surface area contributed by atoms with Gasteiger partial charge in [0.05, 0.1) is 19.7 Å². The van der Waals surface area contributed by atoms with E-state index < -0.39 is 0 Å². The fraction of sp³-hybridized carbons (Fsp3) is 0.714. The van der Waals surface area contributed by atoms with E-state index in [4.69, 9.17) is 9.26 Å². The first-order chi connectivity index (χ1) is 11.1. The molecule has 3 heterocycles. The third-order valence-corrected chi connectivity index (χ3v) is 4.73. The predicted octanol–water partition coefficient (Wildman–Crippen LogP) is 1.33. The minimum atomic E-state index is 0.494. The van der Waals surface area contributed by atoms with Crippen molar-refractivity contribution in [2.24, 2.45) is 0 Å². The summed E-state index contributed by atoms with van der Waals surface area (Å²) in [4.78, 5) is 8.95. The zero-order chi connectivity index (χ0) is 16.2. The van der Waals surface area contributed by atoms with Crippen molar-refractivity contribution in [2.75, 3.05) is 26.7 Å². The lowest BCUT2D eigenvalue weighted by molar-refractivity contribution is 0.215. The van der Waals surface area contributed by atoms with E-state index in [9.17, 15) is 0 Å². The summed E-state index contributed by atoms with van der Waals surface area (Å²) in [7, 11) is 2.11. The van der Waals surface area contributed by atoms with Crippen LogP contribution in [0.1, 0.15) is 30.1 Å². The Hall–Kier alpha value is -1.58. The Kier molecular flexibility index (Phi) is 5.19. The number of aryl methyl sites for hydroxylation is 1. The molecule has 9 heteroatoms. The van der Waals surface area contributed by atoms with Crippen LogP contribution in [0.4, 0.5) is 0 Å². The van der Waals surface area contributed by atoms with Crippen molar-refractivity contribution in [2.45, 2.75) is 39.4 Å². The fourth-order valence-electron chi connectivity index (χ4n) is 2.75. The number of ether oxygens (including phenoxy) is 1. The number of rotatable bonds is 7. The van der Waals surface area contributed by atoms with Crippen LogP contribution in [-0.4, -0.2) is 62.9 Å². The van der Waals surface area contributed by atoms with Crippen molar-refractivity contribution in [1.82, 2.24) is 30.1 Å². The molecule has 1 aliphatic rings. The van der Waals surface area contributed by atoms with Gasteiger partial charge in [0, 0.05) is 26.1 Å². The number of hydrogen-bond donors (Lipinski definition) is 0. The molecule has 0 aromatic carbocycles. The van der Waals surface area contributed by atoms with Gasteiger partial charge >= 0.3 is 0 Å². The Morgan fingerprint density at radius 1 is 1.43 bits per heavy atom. The van der Waals surface area contributed by atoms with Gasteiger partial charge in [0.25, 0.3) is 5.19 Å². The average molecular weight is 338 g/mol. The van der Waals surface area contributed by atoms with Gasteiger partial charge in [-0.3, -0.25) is 9.80 Å². The second-order valence-corrected chi connectivity index (χ2v) is 6.74. The molecule has 0 N–H and O–H groups in total. The molecule has 3 rings (SSSR count). The number of likely N-dealkylation sites (N-methyl/N-ethyl adjacent to an activating group) is 1. The molecule has 8 nitrogen and oxygen atoms in total. The van der Waals surface area contributed by atoms with Crippen LogP contribution < -0.4 is 4.74 Å². The molecule has 0 amide bonds. The molecule has 0 radical (unpaired) electrons. The average Bonchev–Trinajstić information content (AvgIpc) is 3.23. The van der Waals surface area contributed by atoms with Crippen LogP contribution in [-0.2, 0) is 13.1 Å². The summed E-state index contributed by atoms with van der Waals surface area (Å²) in [6.07, 6.45) is 1.13. The van der Waals surface area contributed by atoms with E-state index >= 15 is 0 Å². The molecule has 1 atom stereocenters. The molecule has 1 fully saturated rings. The second kappa shape index (κ2) is 7.33. The maximum Gasteiger partial charge on any atom is 0.294 e. The highest BCUT2D eigenvalue weighted by molar-refractivity contribution is 7.13. The fourth-order valence-corrected chi connectivity index (χ4v) is 3.54. The topological polar surface area (TPSA) is 80.4 Å². The predicted molar refractivity (Wildman–Crippen MR) is 85.3 cm³/mol. The van der Waals surface area contributed by atoms with Gasteiger partial charge in [-0.05, 0) is 20.4 Å². The third kappa shape index (κ3) is 4.24. The van der Waals surface area contributed by atoms with E-state index in [1.165, 1.54) is 11.3 Å². The van der Waals surface area contributed by atoms with Gasteiger partial charge in [-0.2, -0.15) is 4.98 Å². The molecule has 1 saturated heterocycles. The largest absolute Gasteiger partial charge is 0.469 e. The van der Waals surface area contributed by atoms with Crippen molar-refractivity contribution >= 4 is 11.3 Å². The number of aromatic nitrogens is 4. The van der Waals surface area contributed by atoms with Crippen LogP contribution in [0.3, 0.4) is 0 Å². The lowest BCUT2D eigenvalue weighted by Gasteiger charge is -2.23. The molecule has 126 valence electrons. The zero-order valence-electron chi connectivity index (χ0n) is 13.7. The summed E-state index contributed by atoms with van der Waals surface area (Å²) >= 11 is 1.53. The summed E-state index contributed by atoms with van der Waals surface area (Å²) in [5.41, 5.74) is 0. The SMILES string of the molecule is CCOc1nnc(CN2CC[C@H](N(C)Cc3noc(C)n3)C2)s1. The van der Waals surface area contributed by atoms with E-state index in [0.29, 0.717) is 30.3 Å². The summed E-state index contributed by atoms with van der Waals surface area (Å²) in [5, 5.41) is 13.9. The monoisotopic (exact) mass is 338 g/mol. The van der Waals surface area contributed by atoms with E-state index in [1.807, 2.05) is 13.8 Å². The standard InChI is InChI=1S/C14H22N6O2S/c1-4-21-14-17-16-13(23-14)9-20-6-5-11(7-20)19(3)8-12-15-10(2)22-18-12/h11H,4-9H2,1-3H3/t11-/m0/s1. The molecule has 2 aromatic heterocycles. The van der Waals surface area contributed by atoms with E-state index in [0.717, 1.165) is 36.9 Å². The molecule has 23 heavy (non-hydrogen) atoms. The van der Waals surface area contributed by atoms with Crippen LogP contribution in [0.5, 0.6) is 5.19 Å². The smallest absolute Gasteiger partial charge is 0.294 e. The van der Waals surface area contributed by atoms with Crippen molar-refractivity contribution in [3.05, 3.63) is 16.7 Å². The number of hydrogen-bond acceptors (Lipinski definition) is 9. The Morgan fingerprint density at radius 2 is 2.30 bits per heavy atom. The Labute approximate surface area is 139 Å². The summed E-state index contributed by atoms with van der Waals surface area (Å²) in [5.74, 6) is 1.36. The Morgan fingerprint density at radius 3 is 3.04 bits per heavy atom. The normalized spacial score (nSPS) is 18.9. The molecular weight excluding hydrogens is 316 g/mol. The lowest BCUT2D eigenvalue weighted by Crippen LogP contribution is -2.34. The zero-order valence-corrected chi connectivity index (χ0v) is 14.5.